The van der Waals surface area contributed by atoms with Gasteiger partial charge in [-0.3, -0.25) is 4.79 Å². The molecule has 0 aromatic carbocycles. The van der Waals surface area contributed by atoms with Crippen molar-refractivity contribution in [3.8, 4) is 0 Å². The zero-order valence-corrected chi connectivity index (χ0v) is 11.5. The molecule has 2 rings (SSSR count). The Morgan fingerprint density at radius 1 is 1.56 bits per heavy atom. The first-order chi connectivity index (χ1) is 8.86. The average molecular weight is 267 g/mol. The average Bonchev–Trinajstić information content (AvgIpc) is 2.93. The summed E-state index contributed by atoms with van der Waals surface area (Å²) in [7, 11) is 0. The molecule has 4 heteroatoms. The molecule has 0 amide bonds. The summed E-state index contributed by atoms with van der Waals surface area (Å²) in [5.74, 6) is 0.902. The number of piperidine rings is 1. The van der Waals surface area contributed by atoms with Crippen LogP contribution in [-0.4, -0.2) is 32.1 Å². The fraction of sp³-hybridized carbons (Fsp3) is 0.643. The summed E-state index contributed by atoms with van der Waals surface area (Å²) >= 11 is 1.48. The summed E-state index contributed by atoms with van der Waals surface area (Å²) < 4.78 is 5.45. The molecule has 0 aliphatic carbocycles. The van der Waals surface area contributed by atoms with Crippen molar-refractivity contribution < 1.29 is 9.53 Å². The van der Waals surface area contributed by atoms with Gasteiger partial charge < -0.3 is 10.1 Å². The third-order valence-corrected chi connectivity index (χ3v) is 4.24. The number of carbonyl (C=O) groups is 1. The first-order valence-corrected chi connectivity index (χ1v) is 7.59. The van der Waals surface area contributed by atoms with Crippen LogP contribution >= 0.6 is 11.3 Å². The highest BCUT2D eigenvalue weighted by molar-refractivity contribution is 7.12. The number of ether oxygens (including phenoxy) is 1. The number of nitrogens with one attached hydrogen (secondary N) is 1. The molecule has 1 aromatic heterocycles. The molecule has 0 spiro atoms. The third-order valence-electron chi connectivity index (χ3n) is 3.33. The van der Waals surface area contributed by atoms with Crippen molar-refractivity contribution in [2.24, 2.45) is 5.92 Å². The Kier molecular flexibility index (Phi) is 5.84. The molecule has 1 aromatic rings. The number of Topliss-reactive ketones (excluding diaryl/α,β-unsaturated/α-hetero) is 1. The molecule has 0 saturated carbocycles. The van der Waals surface area contributed by atoms with Gasteiger partial charge in [0.25, 0.3) is 0 Å². The van der Waals surface area contributed by atoms with E-state index in [2.05, 4.69) is 5.32 Å². The zero-order valence-electron chi connectivity index (χ0n) is 10.7. The SMILES string of the molecule is O=C(COCCCC1CCCNC1)c1cccs1. The van der Waals surface area contributed by atoms with Crippen LogP contribution < -0.4 is 5.32 Å². The van der Waals surface area contributed by atoms with Crippen molar-refractivity contribution in [3.63, 3.8) is 0 Å². The molecule has 0 radical (unpaired) electrons. The largest absolute Gasteiger partial charge is 0.373 e. The summed E-state index contributed by atoms with van der Waals surface area (Å²) in [6.07, 6.45) is 4.90. The third kappa shape index (κ3) is 4.52. The van der Waals surface area contributed by atoms with Crippen LogP contribution in [0.1, 0.15) is 35.4 Å². The summed E-state index contributed by atoms with van der Waals surface area (Å²) in [6.45, 7) is 3.24. The Bertz CT molecular complexity index is 345. The van der Waals surface area contributed by atoms with E-state index < -0.39 is 0 Å². The smallest absolute Gasteiger partial charge is 0.198 e. The minimum absolute atomic E-state index is 0.101. The van der Waals surface area contributed by atoms with E-state index in [9.17, 15) is 4.79 Å². The highest BCUT2D eigenvalue weighted by atomic mass is 32.1. The lowest BCUT2D eigenvalue weighted by Crippen LogP contribution is -2.29. The van der Waals surface area contributed by atoms with Crippen molar-refractivity contribution in [1.29, 1.82) is 0 Å². The molecule has 1 atom stereocenters. The van der Waals surface area contributed by atoms with Crippen LogP contribution in [0.2, 0.25) is 0 Å². The maximum atomic E-state index is 11.6. The van der Waals surface area contributed by atoms with Gasteiger partial charge in [0, 0.05) is 6.61 Å². The lowest BCUT2D eigenvalue weighted by molar-refractivity contribution is 0.0749. The van der Waals surface area contributed by atoms with Gasteiger partial charge in [-0.15, -0.1) is 11.3 Å². The van der Waals surface area contributed by atoms with Crippen molar-refractivity contribution >= 4 is 17.1 Å². The Morgan fingerprint density at radius 3 is 3.22 bits per heavy atom. The monoisotopic (exact) mass is 267 g/mol. The maximum Gasteiger partial charge on any atom is 0.198 e. The van der Waals surface area contributed by atoms with Crippen LogP contribution in [0.15, 0.2) is 17.5 Å². The van der Waals surface area contributed by atoms with Crippen LogP contribution in [0.5, 0.6) is 0 Å². The molecular weight excluding hydrogens is 246 g/mol. The summed E-state index contributed by atoms with van der Waals surface area (Å²) in [4.78, 5) is 12.4. The van der Waals surface area contributed by atoms with E-state index in [0.29, 0.717) is 6.61 Å². The fourth-order valence-electron chi connectivity index (χ4n) is 2.32. The first-order valence-electron chi connectivity index (χ1n) is 6.71. The second-order valence-corrected chi connectivity index (χ2v) is 5.76. The Hall–Kier alpha value is -0.710. The van der Waals surface area contributed by atoms with Crippen molar-refractivity contribution in [2.75, 3.05) is 26.3 Å². The molecule has 1 unspecified atom stereocenters. The second kappa shape index (κ2) is 7.67. The van der Waals surface area contributed by atoms with Gasteiger partial charge in [0.05, 0.1) is 4.88 Å². The van der Waals surface area contributed by atoms with Crippen LogP contribution in [0, 0.1) is 5.92 Å². The molecule has 1 aliphatic rings. The molecule has 0 bridgehead atoms. The Morgan fingerprint density at radius 2 is 2.50 bits per heavy atom. The molecule has 3 nitrogen and oxygen atoms in total. The van der Waals surface area contributed by atoms with E-state index in [1.165, 1.54) is 37.1 Å². The second-order valence-electron chi connectivity index (χ2n) is 4.81. The van der Waals surface area contributed by atoms with Gasteiger partial charge in [0.15, 0.2) is 5.78 Å². The van der Waals surface area contributed by atoms with Gasteiger partial charge in [0.1, 0.15) is 6.61 Å². The van der Waals surface area contributed by atoms with Gasteiger partial charge in [0.2, 0.25) is 0 Å². The minimum atomic E-state index is 0.101. The van der Waals surface area contributed by atoms with Crippen molar-refractivity contribution in [1.82, 2.24) is 5.32 Å². The molecule has 1 saturated heterocycles. The lowest BCUT2D eigenvalue weighted by atomic mass is 9.95. The van der Waals surface area contributed by atoms with E-state index in [-0.39, 0.29) is 12.4 Å². The van der Waals surface area contributed by atoms with Crippen LogP contribution in [0.3, 0.4) is 0 Å². The molecular formula is C14H21NO2S. The van der Waals surface area contributed by atoms with Crippen molar-refractivity contribution in [2.45, 2.75) is 25.7 Å². The fourth-order valence-corrected chi connectivity index (χ4v) is 2.97. The van der Waals surface area contributed by atoms with Gasteiger partial charge in [-0.1, -0.05) is 6.07 Å². The minimum Gasteiger partial charge on any atom is -0.373 e. The standard InChI is InChI=1S/C14H21NO2S/c16-13(14-6-3-9-18-14)11-17-8-2-5-12-4-1-7-15-10-12/h3,6,9,12,15H,1-2,4-5,7-8,10-11H2. The Balaban J connectivity index is 1.52. The summed E-state index contributed by atoms with van der Waals surface area (Å²) in [5.41, 5.74) is 0. The van der Waals surface area contributed by atoms with Gasteiger partial charge in [-0.2, -0.15) is 0 Å². The number of hydrogen-bond acceptors (Lipinski definition) is 4. The maximum absolute atomic E-state index is 11.6. The molecule has 1 aliphatic heterocycles. The lowest BCUT2D eigenvalue weighted by Gasteiger charge is -2.22. The van der Waals surface area contributed by atoms with E-state index >= 15 is 0 Å². The number of carbonyl (C=O) groups excluding carboxylic acids is 1. The normalized spacial score (nSPS) is 19.9. The highest BCUT2D eigenvalue weighted by Gasteiger charge is 2.12. The molecule has 1 N–H and O–H groups in total. The number of rotatable bonds is 7. The number of thiophene rings is 1. The molecule has 18 heavy (non-hydrogen) atoms. The van der Waals surface area contributed by atoms with Gasteiger partial charge in [-0.05, 0) is 56.1 Å². The van der Waals surface area contributed by atoms with Crippen LogP contribution in [0.4, 0.5) is 0 Å². The van der Waals surface area contributed by atoms with E-state index in [1.54, 1.807) is 0 Å². The van der Waals surface area contributed by atoms with E-state index in [4.69, 9.17) is 4.74 Å². The first kappa shape index (κ1) is 13.7. The highest BCUT2D eigenvalue weighted by Crippen LogP contribution is 2.15. The summed E-state index contributed by atoms with van der Waals surface area (Å²) in [6, 6.07) is 3.75. The van der Waals surface area contributed by atoms with Crippen molar-refractivity contribution in [3.05, 3.63) is 22.4 Å². The van der Waals surface area contributed by atoms with Crippen LogP contribution in [-0.2, 0) is 4.74 Å². The zero-order chi connectivity index (χ0) is 12.6. The molecule has 1 fully saturated rings. The predicted molar refractivity (Wildman–Crippen MR) is 74.3 cm³/mol. The number of hydrogen-bond donors (Lipinski definition) is 1. The van der Waals surface area contributed by atoms with E-state index in [0.717, 1.165) is 23.8 Å². The molecule has 100 valence electrons. The predicted octanol–water partition coefficient (Wildman–Crippen LogP) is 2.73. The quantitative estimate of drug-likeness (QED) is 0.610. The van der Waals surface area contributed by atoms with E-state index in [1.807, 2.05) is 17.5 Å². The number of ketones is 1. The van der Waals surface area contributed by atoms with Crippen LogP contribution in [0.25, 0.3) is 0 Å². The molecule has 2 heterocycles. The van der Waals surface area contributed by atoms with Gasteiger partial charge >= 0.3 is 0 Å². The topological polar surface area (TPSA) is 38.3 Å². The Labute approximate surface area is 113 Å². The summed E-state index contributed by atoms with van der Waals surface area (Å²) in [5, 5.41) is 5.34. The van der Waals surface area contributed by atoms with Gasteiger partial charge in [-0.25, -0.2) is 0 Å².